The fraction of sp³-hybridized carbons (Fsp3) is 0.500. The second kappa shape index (κ2) is 8.26. The average Bonchev–Trinajstić information content (AvgIpc) is 2.43. The first-order valence-corrected chi connectivity index (χ1v) is 6.67. The highest BCUT2D eigenvalue weighted by Crippen LogP contribution is 2.11. The third-order valence-electron chi connectivity index (χ3n) is 3.33. The third-order valence-corrected chi connectivity index (χ3v) is 3.33. The lowest BCUT2D eigenvalue weighted by Crippen LogP contribution is -2.49. The summed E-state index contributed by atoms with van der Waals surface area (Å²) in [4.78, 5) is 15.6. The van der Waals surface area contributed by atoms with Crippen LogP contribution in [-0.2, 0) is 11.3 Å². The first kappa shape index (κ1) is 17.8. The number of benzene rings is 1. The molecule has 1 heterocycles. The molecular formula is C14H20ClF2N3O. The second-order valence-electron chi connectivity index (χ2n) is 5.04. The van der Waals surface area contributed by atoms with Crippen LogP contribution in [0.4, 0.5) is 8.78 Å². The minimum atomic E-state index is -0.592. The summed E-state index contributed by atoms with van der Waals surface area (Å²) in [5, 5.41) is 3.18. The Morgan fingerprint density at radius 1 is 1.33 bits per heavy atom. The van der Waals surface area contributed by atoms with Crippen molar-refractivity contribution in [3.63, 3.8) is 0 Å². The van der Waals surface area contributed by atoms with E-state index in [-0.39, 0.29) is 31.4 Å². The van der Waals surface area contributed by atoms with Crippen molar-refractivity contribution in [2.75, 3.05) is 39.8 Å². The highest BCUT2D eigenvalue weighted by molar-refractivity contribution is 5.85. The van der Waals surface area contributed by atoms with E-state index < -0.39 is 11.6 Å². The van der Waals surface area contributed by atoms with Gasteiger partial charge >= 0.3 is 0 Å². The molecule has 21 heavy (non-hydrogen) atoms. The van der Waals surface area contributed by atoms with E-state index in [1.807, 2.05) is 0 Å². The van der Waals surface area contributed by atoms with E-state index in [0.29, 0.717) is 18.7 Å². The van der Waals surface area contributed by atoms with Crippen molar-refractivity contribution in [1.82, 2.24) is 15.1 Å². The highest BCUT2D eigenvalue weighted by atomic mass is 35.5. The first-order valence-electron chi connectivity index (χ1n) is 6.67. The van der Waals surface area contributed by atoms with Crippen LogP contribution in [0.2, 0.25) is 0 Å². The number of amides is 1. The van der Waals surface area contributed by atoms with Crippen molar-refractivity contribution in [3.05, 3.63) is 35.4 Å². The van der Waals surface area contributed by atoms with Crippen LogP contribution in [0.25, 0.3) is 0 Å². The van der Waals surface area contributed by atoms with Crippen LogP contribution in [0.5, 0.6) is 0 Å². The zero-order valence-electron chi connectivity index (χ0n) is 11.9. The number of nitrogens with one attached hydrogen (secondary N) is 1. The molecule has 1 aromatic rings. The molecule has 4 nitrogen and oxygen atoms in total. The fourth-order valence-corrected chi connectivity index (χ4v) is 2.24. The molecule has 0 atom stereocenters. The van der Waals surface area contributed by atoms with Crippen LogP contribution in [0.1, 0.15) is 5.56 Å². The maximum absolute atomic E-state index is 13.5. The summed E-state index contributed by atoms with van der Waals surface area (Å²) in [6, 6.07) is 3.50. The summed E-state index contributed by atoms with van der Waals surface area (Å²) in [6.07, 6.45) is 0. The molecular weight excluding hydrogens is 300 g/mol. The summed E-state index contributed by atoms with van der Waals surface area (Å²) < 4.78 is 26.4. The third kappa shape index (κ3) is 5.22. The van der Waals surface area contributed by atoms with Gasteiger partial charge in [-0.2, -0.15) is 0 Å². The van der Waals surface area contributed by atoms with Gasteiger partial charge in [0.2, 0.25) is 5.91 Å². The predicted octanol–water partition coefficient (Wildman–Crippen LogP) is 1.25. The Kier molecular flexibility index (Phi) is 7.01. The van der Waals surface area contributed by atoms with Crippen LogP contribution in [-0.4, -0.2) is 55.5 Å². The van der Waals surface area contributed by atoms with E-state index in [2.05, 4.69) is 5.32 Å². The molecule has 0 bridgehead atoms. The maximum atomic E-state index is 13.5. The molecule has 1 aliphatic rings. The zero-order chi connectivity index (χ0) is 14.5. The lowest BCUT2D eigenvalue weighted by Gasteiger charge is -2.29. The van der Waals surface area contributed by atoms with Crippen LogP contribution < -0.4 is 5.32 Å². The van der Waals surface area contributed by atoms with Gasteiger partial charge in [0.05, 0.1) is 6.54 Å². The molecule has 1 N–H and O–H groups in total. The van der Waals surface area contributed by atoms with E-state index in [1.54, 1.807) is 16.8 Å². The number of nitrogens with zero attached hydrogens (tertiary/aromatic N) is 2. The minimum absolute atomic E-state index is 0. The standard InChI is InChI=1S/C14H19F2N3O.ClH/c1-18(9-11-2-3-12(15)8-13(11)16)10-14(20)19-6-4-17-5-7-19;/h2-3,8,17H,4-7,9-10H2,1H3;1H. The first-order chi connectivity index (χ1) is 9.56. The van der Waals surface area contributed by atoms with E-state index in [1.165, 1.54) is 12.1 Å². The predicted molar refractivity (Wildman–Crippen MR) is 79.4 cm³/mol. The van der Waals surface area contributed by atoms with Gasteiger partial charge < -0.3 is 10.2 Å². The monoisotopic (exact) mass is 319 g/mol. The van der Waals surface area contributed by atoms with E-state index in [9.17, 15) is 13.6 Å². The number of carbonyl (C=O) groups is 1. The van der Waals surface area contributed by atoms with Crippen molar-refractivity contribution in [3.8, 4) is 0 Å². The Morgan fingerprint density at radius 3 is 2.62 bits per heavy atom. The van der Waals surface area contributed by atoms with Gasteiger partial charge in [-0.3, -0.25) is 9.69 Å². The van der Waals surface area contributed by atoms with E-state index in [4.69, 9.17) is 0 Å². The Morgan fingerprint density at radius 2 is 2.00 bits per heavy atom. The fourth-order valence-electron chi connectivity index (χ4n) is 2.24. The Hall–Kier alpha value is -1.24. The lowest BCUT2D eigenvalue weighted by atomic mass is 10.2. The Bertz CT molecular complexity index is 481. The number of halogens is 3. The average molecular weight is 320 g/mol. The lowest BCUT2D eigenvalue weighted by molar-refractivity contribution is -0.132. The summed E-state index contributed by atoms with van der Waals surface area (Å²) >= 11 is 0. The molecule has 118 valence electrons. The normalized spacial score (nSPS) is 15.0. The summed E-state index contributed by atoms with van der Waals surface area (Å²) in [7, 11) is 1.75. The number of likely N-dealkylation sites (N-methyl/N-ethyl adjacent to an activating group) is 1. The molecule has 7 heteroatoms. The van der Waals surface area contributed by atoms with Crippen molar-refractivity contribution >= 4 is 18.3 Å². The summed E-state index contributed by atoms with van der Waals surface area (Å²) in [6.45, 7) is 3.54. The second-order valence-corrected chi connectivity index (χ2v) is 5.04. The number of piperazine rings is 1. The van der Waals surface area contributed by atoms with Gasteiger partial charge in [-0.25, -0.2) is 8.78 Å². The molecule has 0 unspecified atom stereocenters. The molecule has 0 spiro atoms. The van der Waals surface area contributed by atoms with Crippen molar-refractivity contribution in [1.29, 1.82) is 0 Å². The largest absolute Gasteiger partial charge is 0.339 e. The highest BCUT2D eigenvalue weighted by Gasteiger charge is 2.18. The van der Waals surface area contributed by atoms with Crippen molar-refractivity contribution < 1.29 is 13.6 Å². The van der Waals surface area contributed by atoms with Crippen molar-refractivity contribution in [2.24, 2.45) is 0 Å². The van der Waals surface area contributed by atoms with Crippen LogP contribution in [0.3, 0.4) is 0 Å². The zero-order valence-corrected chi connectivity index (χ0v) is 12.8. The number of rotatable bonds is 4. The molecule has 1 fully saturated rings. The molecule has 2 rings (SSSR count). The molecule has 0 radical (unpaired) electrons. The van der Waals surface area contributed by atoms with Gasteiger partial charge in [0.15, 0.2) is 0 Å². The molecule has 0 aromatic heterocycles. The van der Waals surface area contributed by atoms with Crippen LogP contribution in [0.15, 0.2) is 18.2 Å². The number of hydrogen-bond donors (Lipinski definition) is 1. The van der Waals surface area contributed by atoms with Gasteiger partial charge in [-0.15, -0.1) is 12.4 Å². The summed E-state index contributed by atoms with van der Waals surface area (Å²) in [5.41, 5.74) is 0.391. The van der Waals surface area contributed by atoms with Gasteiger partial charge in [-0.1, -0.05) is 6.07 Å². The molecule has 1 saturated heterocycles. The number of carbonyl (C=O) groups excluding carboxylic acids is 1. The molecule has 1 aromatic carbocycles. The van der Waals surface area contributed by atoms with Gasteiger partial charge in [0, 0.05) is 44.4 Å². The number of hydrogen-bond acceptors (Lipinski definition) is 3. The Balaban J connectivity index is 0.00000220. The van der Waals surface area contributed by atoms with Crippen LogP contribution >= 0.6 is 12.4 Å². The quantitative estimate of drug-likeness (QED) is 0.907. The maximum Gasteiger partial charge on any atom is 0.236 e. The van der Waals surface area contributed by atoms with Crippen LogP contribution in [0, 0.1) is 11.6 Å². The van der Waals surface area contributed by atoms with Gasteiger partial charge in [0.25, 0.3) is 0 Å². The molecule has 1 amide bonds. The van der Waals surface area contributed by atoms with E-state index in [0.717, 1.165) is 19.2 Å². The minimum Gasteiger partial charge on any atom is -0.339 e. The Labute approximate surface area is 129 Å². The van der Waals surface area contributed by atoms with Gasteiger partial charge in [0.1, 0.15) is 11.6 Å². The molecule has 0 aliphatic carbocycles. The summed E-state index contributed by atoms with van der Waals surface area (Å²) in [5.74, 6) is -1.13. The molecule has 1 aliphatic heterocycles. The topological polar surface area (TPSA) is 35.6 Å². The SMILES string of the molecule is CN(CC(=O)N1CCNCC1)Cc1ccc(F)cc1F.Cl. The van der Waals surface area contributed by atoms with E-state index >= 15 is 0 Å². The van der Waals surface area contributed by atoms with Crippen molar-refractivity contribution in [2.45, 2.75) is 6.54 Å². The molecule has 0 saturated carbocycles. The smallest absolute Gasteiger partial charge is 0.236 e. The van der Waals surface area contributed by atoms with Gasteiger partial charge in [-0.05, 0) is 13.1 Å².